The SMILES string of the molecule is COc1c(C(C)CO)cc(C)c(Cl)c1C. The van der Waals surface area contributed by atoms with Crippen molar-refractivity contribution in [1.82, 2.24) is 0 Å². The van der Waals surface area contributed by atoms with E-state index < -0.39 is 0 Å². The first kappa shape index (κ1) is 12.3. The Balaban J connectivity index is 3.38. The first-order chi connectivity index (χ1) is 7.02. The van der Waals surface area contributed by atoms with Gasteiger partial charge in [-0.15, -0.1) is 0 Å². The number of benzene rings is 1. The number of rotatable bonds is 3. The highest BCUT2D eigenvalue weighted by molar-refractivity contribution is 6.32. The van der Waals surface area contributed by atoms with E-state index in [2.05, 4.69) is 0 Å². The molecule has 0 saturated carbocycles. The number of aliphatic hydroxyl groups excluding tert-OH is 1. The van der Waals surface area contributed by atoms with Crippen molar-refractivity contribution in [2.75, 3.05) is 13.7 Å². The van der Waals surface area contributed by atoms with Crippen LogP contribution in [0.1, 0.15) is 29.5 Å². The number of aryl methyl sites for hydroxylation is 1. The molecule has 0 radical (unpaired) electrons. The summed E-state index contributed by atoms with van der Waals surface area (Å²) >= 11 is 6.14. The van der Waals surface area contributed by atoms with Crippen molar-refractivity contribution in [2.45, 2.75) is 26.7 Å². The van der Waals surface area contributed by atoms with Gasteiger partial charge in [0.25, 0.3) is 0 Å². The lowest BCUT2D eigenvalue weighted by Gasteiger charge is -2.18. The lowest BCUT2D eigenvalue weighted by atomic mass is 9.96. The van der Waals surface area contributed by atoms with Gasteiger partial charge in [-0.25, -0.2) is 0 Å². The fourth-order valence-corrected chi connectivity index (χ4v) is 1.85. The van der Waals surface area contributed by atoms with E-state index in [0.29, 0.717) is 0 Å². The van der Waals surface area contributed by atoms with Gasteiger partial charge in [0.1, 0.15) is 5.75 Å². The third-order valence-corrected chi connectivity index (χ3v) is 3.24. The summed E-state index contributed by atoms with van der Waals surface area (Å²) in [4.78, 5) is 0. The van der Waals surface area contributed by atoms with Gasteiger partial charge in [0.05, 0.1) is 12.1 Å². The molecule has 0 aliphatic carbocycles. The van der Waals surface area contributed by atoms with Crippen LogP contribution in [-0.2, 0) is 0 Å². The number of halogens is 1. The van der Waals surface area contributed by atoms with Crippen LogP contribution in [0.2, 0.25) is 5.02 Å². The Morgan fingerprint density at radius 3 is 2.53 bits per heavy atom. The second-order valence-corrected chi connectivity index (χ2v) is 4.22. The maximum absolute atomic E-state index is 9.17. The average molecular weight is 229 g/mol. The molecule has 0 aliphatic rings. The second-order valence-electron chi connectivity index (χ2n) is 3.84. The lowest BCUT2D eigenvalue weighted by Crippen LogP contribution is -2.04. The van der Waals surface area contributed by atoms with Crippen LogP contribution < -0.4 is 4.74 Å². The molecule has 84 valence electrons. The van der Waals surface area contributed by atoms with Gasteiger partial charge in [-0.2, -0.15) is 0 Å². The van der Waals surface area contributed by atoms with Gasteiger partial charge in [0, 0.05) is 18.1 Å². The van der Waals surface area contributed by atoms with Crippen LogP contribution in [0.4, 0.5) is 0 Å². The van der Waals surface area contributed by atoms with Gasteiger partial charge in [-0.3, -0.25) is 0 Å². The number of hydrogen-bond acceptors (Lipinski definition) is 2. The second kappa shape index (κ2) is 4.86. The number of ether oxygens (including phenoxy) is 1. The highest BCUT2D eigenvalue weighted by atomic mass is 35.5. The molecule has 0 aliphatic heterocycles. The molecule has 0 heterocycles. The third-order valence-electron chi connectivity index (χ3n) is 2.66. The summed E-state index contributed by atoms with van der Waals surface area (Å²) < 4.78 is 5.34. The van der Waals surface area contributed by atoms with Gasteiger partial charge in [-0.05, 0) is 25.0 Å². The van der Waals surface area contributed by atoms with Crippen LogP contribution in [0.25, 0.3) is 0 Å². The van der Waals surface area contributed by atoms with Crippen molar-refractivity contribution in [2.24, 2.45) is 0 Å². The van der Waals surface area contributed by atoms with Gasteiger partial charge in [0.2, 0.25) is 0 Å². The standard InChI is InChI=1S/C12H17ClO2/c1-7-5-10(8(2)6-14)12(15-4)9(3)11(7)13/h5,8,14H,6H2,1-4H3. The Kier molecular flexibility index (Phi) is 4.00. The zero-order valence-corrected chi connectivity index (χ0v) is 10.4. The summed E-state index contributed by atoms with van der Waals surface area (Å²) in [6.45, 7) is 5.96. The predicted molar refractivity (Wildman–Crippen MR) is 63.0 cm³/mol. The summed E-state index contributed by atoms with van der Waals surface area (Å²) in [5, 5.41) is 9.91. The third kappa shape index (κ3) is 2.27. The number of methoxy groups -OCH3 is 1. The quantitative estimate of drug-likeness (QED) is 0.862. The van der Waals surface area contributed by atoms with Crippen molar-refractivity contribution in [3.63, 3.8) is 0 Å². The van der Waals surface area contributed by atoms with Gasteiger partial charge in [-0.1, -0.05) is 24.6 Å². The maximum Gasteiger partial charge on any atom is 0.126 e. The molecule has 1 N–H and O–H groups in total. The summed E-state index contributed by atoms with van der Waals surface area (Å²) in [7, 11) is 1.63. The highest BCUT2D eigenvalue weighted by Gasteiger charge is 2.16. The zero-order valence-electron chi connectivity index (χ0n) is 9.60. The summed E-state index contributed by atoms with van der Waals surface area (Å²) in [5.74, 6) is 0.849. The van der Waals surface area contributed by atoms with E-state index >= 15 is 0 Å². The molecular formula is C12H17ClO2. The molecule has 0 spiro atoms. The molecule has 0 saturated heterocycles. The van der Waals surface area contributed by atoms with E-state index in [-0.39, 0.29) is 12.5 Å². The maximum atomic E-state index is 9.17. The molecular weight excluding hydrogens is 212 g/mol. The largest absolute Gasteiger partial charge is 0.496 e. The Morgan fingerprint density at radius 1 is 1.47 bits per heavy atom. The van der Waals surface area contributed by atoms with Crippen LogP contribution >= 0.6 is 11.6 Å². The number of aliphatic hydroxyl groups is 1. The molecule has 1 atom stereocenters. The van der Waals surface area contributed by atoms with Crippen molar-refractivity contribution >= 4 is 11.6 Å². The average Bonchev–Trinajstić information content (AvgIpc) is 2.24. The van der Waals surface area contributed by atoms with Crippen LogP contribution in [0.3, 0.4) is 0 Å². The first-order valence-corrected chi connectivity index (χ1v) is 5.35. The molecule has 1 rings (SSSR count). The summed E-state index contributed by atoms with van der Waals surface area (Å²) in [5.41, 5.74) is 2.97. The Labute approximate surface area is 95.8 Å². The minimum Gasteiger partial charge on any atom is -0.496 e. The van der Waals surface area contributed by atoms with Gasteiger partial charge >= 0.3 is 0 Å². The van der Waals surface area contributed by atoms with Crippen LogP contribution in [0, 0.1) is 13.8 Å². The molecule has 1 aromatic carbocycles. The van der Waals surface area contributed by atoms with Crippen molar-refractivity contribution in [1.29, 1.82) is 0 Å². The highest BCUT2D eigenvalue weighted by Crippen LogP contribution is 2.36. The van der Waals surface area contributed by atoms with E-state index in [1.807, 2.05) is 26.8 Å². The predicted octanol–water partition coefficient (Wildman–Crippen LogP) is 3.06. The smallest absolute Gasteiger partial charge is 0.126 e. The molecule has 2 nitrogen and oxygen atoms in total. The fraction of sp³-hybridized carbons (Fsp3) is 0.500. The molecule has 1 unspecified atom stereocenters. The molecule has 0 fully saturated rings. The van der Waals surface area contributed by atoms with Crippen molar-refractivity contribution in [3.05, 3.63) is 27.8 Å². The van der Waals surface area contributed by atoms with E-state index in [1.165, 1.54) is 0 Å². The molecule has 0 bridgehead atoms. The Hall–Kier alpha value is -0.730. The normalized spacial score (nSPS) is 12.7. The van der Waals surface area contributed by atoms with Crippen LogP contribution in [-0.4, -0.2) is 18.8 Å². The van der Waals surface area contributed by atoms with E-state index in [9.17, 15) is 5.11 Å². The summed E-state index contributed by atoms with van der Waals surface area (Å²) in [6.07, 6.45) is 0. The van der Waals surface area contributed by atoms with Crippen LogP contribution in [0.15, 0.2) is 6.07 Å². The molecule has 0 amide bonds. The van der Waals surface area contributed by atoms with Crippen LogP contribution in [0.5, 0.6) is 5.75 Å². The van der Waals surface area contributed by atoms with E-state index in [1.54, 1.807) is 7.11 Å². The van der Waals surface area contributed by atoms with Crippen molar-refractivity contribution < 1.29 is 9.84 Å². The van der Waals surface area contributed by atoms with Gasteiger partial charge < -0.3 is 9.84 Å². The van der Waals surface area contributed by atoms with E-state index in [4.69, 9.17) is 16.3 Å². The Bertz CT molecular complexity index is 361. The minimum atomic E-state index is 0.0645. The lowest BCUT2D eigenvalue weighted by molar-refractivity contribution is 0.269. The monoisotopic (exact) mass is 228 g/mol. The van der Waals surface area contributed by atoms with Gasteiger partial charge in [0.15, 0.2) is 0 Å². The molecule has 1 aromatic rings. The molecule has 0 aromatic heterocycles. The summed E-state index contributed by atoms with van der Waals surface area (Å²) in [6, 6.07) is 1.98. The Morgan fingerprint density at radius 2 is 2.07 bits per heavy atom. The fourth-order valence-electron chi connectivity index (χ4n) is 1.71. The first-order valence-electron chi connectivity index (χ1n) is 4.97. The minimum absolute atomic E-state index is 0.0645. The topological polar surface area (TPSA) is 29.5 Å². The van der Waals surface area contributed by atoms with E-state index in [0.717, 1.165) is 27.5 Å². The number of hydrogen-bond donors (Lipinski definition) is 1. The molecule has 15 heavy (non-hydrogen) atoms. The molecule has 3 heteroatoms. The zero-order chi connectivity index (χ0) is 11.6. The van der Waals surface area contributed by atoms with Crippen molar-refractivity contribution in [3.8, 4) is 5.75 Å².